The number of nitrogens with zero attached hydrogens (tertiary/aromatic N) is 4. The number of aromatic nitrogens is 4. The first-order valence-corrected chi connectivity index (χ1v) is 15.1. The lowest BCUT2D eigenvalue weighted by atomic mass is 10.0. The van der Waals surface area contributed by atoms with Gasteiger partial charge in [0.25, 0.3) is 0 Å². The quantitative estimate of drug-likeness (QED) is 0.113. The predicted molar refractivity (Wildman–Crippen MR) is 164 cm³/mol. The van der Waals surface area contributed by atoms with Gasteiger partial charge >= 0.3 is 0 Å². The lowest BCUT2D eigenvalue weighted by Gasteiger charge is -2.12. The van der Waals surface area contributed by atoms with Crippen molar-refractivity contribution in [2.45, 2.75) is 64.5 Å². The van der Waals surface area contributed by atoms with E-state index in [4.69, 9.17) is 0 Å². The summed E-state index contributed by atoms with van der Waals surface area (Å²) in [7, 11) is 0. The van der Waals surface area contributed by atoms with E-state index in [0.29, 0.717) is 36.8 Å². The number of rotatable bonds is 16. The zero-order chi connectivity index (χ0) is 29.6. The Morgan fingerprint density at radius 2 is 1.60 bits per heavy atom. The predicted octanol–water partition coefficient (Wildman–Crippen LogP) is 4.12. The smallest absolute Gasteiger partial charge is 0.229 e. The fraction of sp³-hybridized carbons (Fsp3) is 0.355. The Bertz CT molecular complexity index is 1410. The molecule has 42 heavy (non-hydrogen) atoms. The number of hydrogen-bond acceptors (Lipinski definition) is 9. The van der Waals surface area contributed by atoms with Crippen LogP contribution in [-0.4, -0.2) is 50.1 Å². The molecule has 0 aliphatic rings. The molecule has 2 aromatic carbocycles. The third kappa shape index (κ3) is 10.6. The van der Waals surface area contributed by atoms with E-state index >= 15 is 0 Å². The van der Waals surface area contributed by atoms with E-state index in [-0.39, 0.29) is 11.8 Å². The van der Waals surface area contributed by atoms with Crippen LogP contribution in [0.25, 0.3) is 0 Å². The van der Waals surface area contributed by atoms with Crippen LogP contribution in [0.1, 0.15) is 53.6 Å². The van der Waals surface area contributed by atoms with Crippen LogP contribution in [-0.2, 0) is 41.7 Å². The number of hydrogen-bond donors (Lipinski definition) is 4. The van der Waals surface area contributed by atoms with Crippen molar-refractivity contribution in [1.29, 1.82) is 0 Å². The van der Waals surface area contributed by atoms with Crippen LogP contribution in [0.4, 0.5) is 10.9 Å². The number of carbonyl (C=O) groups excluding carboxylic acids is 2. The van der Waals surface area contributed by atoms with Gasteiger partial charge in [-0.1, -0.05) is 72.9 Å². The van der Waals surface area contributed by atoms with E-state index in [9.17, 15) is 14.7 Å². The van der Waals surface area contributed by atoms with E-state index in [1.54, 1.807) is 6.07 Å². The number of anilines is 2. The Balaban J connectivity index is 1.14. The molecule has 4 aromatic rings. The molecule has 0 bridgehead atoms. The number of benzene rings is 2. The normalized spacial score (nSPS) is 11.6. The summed E-state index contributed by atoms with van der Waals surface area (Å²) in [6.45, 7) is 2.69. The summed E-state index contributed by atoms with van der Waals surface area (Å²) in [5, 5.41) is 37.5. The summed E-state index contributed by atoms with van der Waals surface area (Å²) < 4.78 is 0. The highest BCUT2D eigenvalue weighted by Gasteiger charge is 2.12. The second-order valence-electron chi connectivity index (χ2n) is 10.0. The topological polar surface area (TPSA) is 142 Å². The highest BCUT2D eigenvalue weighted by molar-refractivity contribution is 7.15. The van der Waals surface area contributed by atoms with Crippen molar-refractivity contribution >= 4 is 34.1 Å². The van der Waals surface area contributed by atoms with Crippen LogP contribution in [0, 0.1) is 0 Å². The largest absolute Gasteiger partial charge is 0.373 e. The first-order valence-electron chi connectivity index (χ1n) is 14.2. The van der Waals surface area contributed by atoms with Gasteiger partial charge in [-0.25, -0.2) is 0 Å². The first-order chi connectivity index (χ1) is 20.5. The van der Waals surface area contributed by atoms with E-state index in [2.05, 4.69) is 36.3 Å². The molecule has 0 aliphatic heterocycles. The van der Waals surface area contributed by atoms with Gasteiger partial charge in [0.1, 0.15) is 11.2 Å². The van der Waals surface area contributed by atoms with Gasteiger partial charge in [0.05, 0.1) is 18.5 Å². The molecule has 0 fully saturated rings. The molecule has 2 aromatic heterocycles. The lowest BCUT2D eigenvalue weighted by Crippen LogP contribution is -2.25. The molecule has 0 radical (unpaired) electrons. The van der Waals surface area contributed by atoms with E-state index < -0.39 is 6.23 Å². The SMILES string of the molecule is CCCNC(=O)Cc1cccc(CC(O)Nc2nnc(CCCCc3ccc(NC(=O)Cc4ccccc4)nn3)s2)c1. The Kier molecular flexibility index (Phi) is 11.9. The molecule has 220 valence electrons. The molecular formula is C31H37N7O3S. The van der Waals surface area contributed by atoms with Gasteiger partial charge in [-0.3, -0.25) is 9.59 Å². The second kappa shape index (κ2) is 16.3. The molecule has 4 N–H and O–H groups in total. The number of unbranched alkanes of at least 4 members (excludes halogenated alkanes) is 1. The van der Waals surface area contributed by atoms with Crippen LogP contribution >= 0.6 is 11.3 Å². The molecule has 1 unspecified atom stereocenters. The van der Waals surface area contributed by atoms with Crippen LogP contribution in [0.3, 0.4) is 0 Å². The number of carbonyl (C=O) groups is 2. The first kappa shape index (κ1) is 30.7. The van der Waals surface area contributed by atoms with Crippen molar-refractivity contribution in [3.63, 3.8) is 0 Å². The minimum Gasteiger partial charge on any atom is -0.373 e. The van der Waals surface area contributed by atoms with Crippen molar-refractivity contribution in [2.75, 3.05) is 17.2 Å². The van der Waals surface area contributed by atoms with Crippen molar-refractivity contribution < 1.29 is 14.7 Å². The van der Waals surface area contributed by atoms with Crippen LogP contribution in [0.15, 0.2) is 66.7 Å². The van der Waals surface area contributed by atoms with Gasteiger partial charge in [-0.2, -0.15) is 5.10 Å². The number of amides is 2. The highest BCUT2D eigenvalue weighted by atomic mass is 32.1. The van der Waals surface area contributed by atoms with Crippen LogP contribution in [0.2, 0.25) is 0 Å². The van der Waals surface area contributed by atoms with Gasteiger partial charge in [-0.05, 0) is 54.5 Å². The average molecular weight is 588 g/mol. The van der Waals surface area contributed by atoms with Crippen LogP contribution in [0.5, 0.6) is 0 Å². The molecule has 0 saturated heterocycles. The molecule has 0 saturated carbocycles. The summed E-state index contributed by atoms with van der Waals surface area (Å²) in [5.41, 5.74) is 3.66. The standard InChI is InChI=1S/C31H37N7O3S/c1-2-17-32-27(39)20-23-11-8-12-24(18-23)21-29(41)34-31-38-37-30(42-31)14-7-6-13-25-15-16-26(36-35-25)33-28(40)19-22-9-4-3-5-10-22/h3-5,8-12,15-16,18,29,41H,2,6-7,13-14,17,19-21H2,1H3,(H,32,39)(H,34,38)(H,33,36,40). The zero-order valence-corrected chi connectivity index (χ0v) is 24.6. The van der Waals surface area contributed by atoms with E-state index in [1.807, 2.05) is 67.6 Å². The number of aliphatic hydroxyl groups is 1. The third-order valence-corrected chi connectivity index (χ3v) is 7.30. The fourth-order valence-electron chi connectivity index (χ4n) is 4.32. The molecule has 1 atom stereocenters. The van der Waals surface area contributed by atoms with Crippen molar-refractivity contribution in [1.82, 2.24) is 25.7 Å². The van der Waals surface area contributed by atoms with Crippen molar-refractivity contribution in [2.24, 2.45) is 0 Å². The zero-order valence-electron chi connectivity index (χ0n) is 23.8. The maximum atomic E-state index is 12.2. The van der Waals surface area contributed by atoms with E-state index in [1.165, 1.54) is 11.3 Å². The fourth-order valence-corrected chi connectivity index (χ4v) is 5.15. The Morgan fingerprint density at radius 1 is 0.833 bits per heavy atom. The number of nitrogens with one attached hydrogen (secondary N) is 3. The summed E-state index contributed by atoms with van der Waals surface area (Å²) >= 11 is 1.43. The minimum atomic E-state index is -0.820. The molecule has 0 spiro atoms. The Morgan fingerprint density at radius 3 is 2.38 bits per heavy atom. The molecule has 2 amide bonds. The van der Waals surface area contributed by atoms with Gasteiger partial charge in [0.15, 0.2) is 5.82 Å². The van der Waals surface area contributed by atoms with Gasteiger partial charge in [0, 0.05) is 19.4 Å². The molecule has 4 rings (SSSR count). The molecule has 10 nitrogen and oxygen atoms in total. The summed E-state index contributed by atoms with van der Waals surface area (Å²) in [4.78, 5) is 24.2. The Hall–Kier alpha value is -4.22. The van der Waals surface area contributed by atoms with Gasteiger partial charge in [-0.15, -0.1) is 15.3 Å². The summed E-state index contributed by atoms with van der Waals surface area (Å²) in [6, 6.07) is 20.9. The maximum Gasteiger partial charge on any atom is 0.229 e. The van der Waals surface area contributed by atoms with Crippen molar-refractivity contribution in [3.8, 4) is 0 Å². The lowest BCUT2D eigenvalue weighted by molar-refractivity contribution is -0.120. The molecule has 2 heterocycles. The van der Waals surface area contributed by atoms with Gasteiger partial charge in [0.2, 0.25) is 16.9 Å². The summed E-state index contributed by atoms with van der Waals surface area (Å²) in [6.07, 6.45) is 4.45. The molecule has 0 aliphatic carbocycles. The average Bonchev–Trinajstić information content (AvgIpc) is 3.42. The highest BCUT2D eigenvalue weighted by Crippen LogP contribution is 2.19. The minimum absolute atomic E-state index is 0.0000414. The molecular weight excluding hydrogens is 550 g/mol. The number of aryl methyl sites for hydroxylation is 2. The Labute approximate surface area is 250 Å². The maximum absolute atomic E-state index is 12.2. The number of aliphatic hydroxyl groups excluding tert-OH is 1. The van der Waals surface area contributed by atoms with Gasteiger partial charge < -0.3 is 21.1 Å². The monoisotopic (exact) mass is 587 g/mol. The third-order valence-electron chi connectivity index (χ3n) is 6.38. The second-order valence-corrected chi connectivity index (χ2v) is 11.1. The van der Waals surface area contributed by atoms with E-state index in [0.717, 1.165) is 59.5 Å². The summed E-state index contributed by atoms with van der Waals surface area (Å²) in [5.74, 6) is 0.317. The van der Waals surface area contributed by atoms with Crippen molar-refractivity contribution in [3.05, 3.63) is 94.1 Å². The van der Waals surface area contributed by atoms with Crippen LogP contribution < -0.4 is 16.0 Å². The molecule has 11 heteroatoms.